The lowest BCUT2D eigenvalue weighted by molar-refractivity contribution is -0.384. The van der Waals surface area contributed by atoms with E-state index in [1.165, 1.54) is 24.1 Å². The second kappa shape index (κ2) is 17.8. The highest BCUT2D eigenvalue weighted by Crippen LogP contribution is 2.42. The highest BCUT2D eigenvalue weighted by Gasteiger charge is 2.29. The molecular weight excluding hydrogens is 632 g/mol. The summed E-state index contributed by atoms with van der Waals surface area (Å²) >= 11 is 0. The van der Waals surface area contributed by atoms with E-state index >= 15 is 0 Å². The van der Waals surface area contributed by atoms with E-state index in [0.717, 1.165) is 6.07 Å². The Balaban J connectivity index is 1.64. The largest absolute Gasteiger partial charge is 0.504 e. The summed E-state index contributed by atoms with van der Waals surface area (Å²) in [6.45, 7) is 7.16. The van der Waals surface area contributed by atoms with Crippen LogP contribution in [0.2, 0.25) is 0 Å². The first-order valence-corrected chi connectivity index (χ1v) is 16.6. The Morgan fingerprint density at radius 3 is 2.02 bits per heavy atom. The molecule has 0 aliphatic carbocycles. The average Bonchev–Trinajstić information content (AvgIpc) is 3.09. The van der Waals surface area contributed by atoms with Gasteiger partial charge in [0.1, 0.15) is 5.75 Å². The van der Waals surface area contributed by atoms with E-state index in [1.54, 1.807) is 61.9 Å². The minimum atomic E-state index is -0.921. The molecule has 0 aliphatic heterocycles. The third-order valence-corrected chi connectivity index (χ3v) is 8.62. The quantitative estimate of drug-likeness (QED) is 0.0555. The molecule has 0 fully saturated rings. The number of fused-ring (bicyclic) bond motifs is 1. The van der Waals surface area contributed by atoms with Crippen molar-refractivity contribution in [3.05, 3.63) is 69.3 Å². The normalized spacial score (nSPS) is 10.9. The van der Waals surface area contributed by atoms with Crippen LogP contribution in [0.1, 0.15) is 90.4 Å². The van der Waals surface area contributed by atoms with E-state index in [4.69, 9.17) is 4.74 Å². The molecule has 0 unspecified atom stereocenters. The van der Waals surface area contributed by atoms with Gasteiger partial charge in [0.15, 0.2) is 11.5 Å². The van der Waals surface area contributed by atoms with Crippen LogP contribution in [0.4, 0.5) is 5.69 Å². The summed E-state index contributed by atoms with van der Waals surface area (Å²) in [5, 5.41) is 32.3. The number of benzene rings is 3. The first kappa shape index (κ1) is 38.2. The second-order valence-corrected chi connectivity index (χ2v) is 11.7. The molecule has 0 atom stereocenters. The Kier molecular flexibility index (Phi) is 13.9. The first-order chi connectivity index (χ1) is 23.4. The van der Waals surface area contributed by atoms with Gasteiger partial charge < -0.3 is 29.6 Å². The number of aromatic hydroxyl groups is 2. The van der Waals surface area contributed by atoms with Crippen LogP contribution in [0.3, 0.4) is 0 Å². The number of phenolic OH excluding ortho intramolecular Hbond substituents is 2. The molecule has 0 aromatic heterocycles. The van der Waals surface area contributed by atoms with E-state index in [9.17, 15) is 39.5 Å². The standard InChI is InChI=1S/C36H46N4O9/c1-6-38(7-2)35(45)28-23-26-24(22-30(42)34(44)33(26)40(47)48)21-27(28)36(46)39(8-3)20-14-13-19-37(4)32(43)18-12-10-16-29(41)25-15-9-11-17-31(25)49-5/h9,11,15,17,21-23,42,44H,6-8,10,12-14,16,18-20H2,1-5H3. The monoisotopic (exact) mass is 678 g/mol. The van der Waals surface area contributed by atoms with Crippen molar-refractivity contribution >= 4 is 40.0 Å². The summed E-state index contributed by atoms with van der Waals surface area (Å²) in [7, 11) is 3.24. The zero-order valence-corrected chi connectivity index (χ0v) is 28.9. The molecule has 0 spiro atoms. The lowest BCUT2D eigenvalue weighted by atomic mass is 9.97. The Labute approximate surface area is 286 Å². The van der Waals surface area contributed by atoms with E-state index in [0.29, 0.717) is 82.6 Å². The number of ketones is 1. The zero-order chi connectivity index (χ0) is 36.2. The fourth-order valence-electron chi connectivity index (χ4n) is 5.74. The van der Waals surface area contributed by atoms with Crippen molar-refractivity contribution in [1.82, 2.24) is 14.7 Å². The van der Waals surface area contributed by atoms with Gasteiger partial charge >= 0.3 is 5.69 Å². The molecule has 0 aliphatic rings. The number of hydrogen-bond acceptors (Lipinski definition) is 9. The number of amides is 3. The topological polar surface area (TPSA) is 171 Å². The summed E-state index contributed by atoms with van der Waals surface area (Å²) in [6.07, 6.45) is 2.96. The number of nitrogens with zero attached hydrogens (tertiary/aromatic N) is 4. The van der Waals surface area contributed by atoms with Crippen LogP contribution in [0.15, 0.2) is 42.5 Å². The molecule has 0 saturated carbocycles. The number of unbranched alkanes of at least 4 members (excludes halogenated alkanes) is 2. The predicted octanol–water partition coefficient (Wildman–Crippen LogP) is 5.79. The Bertz CT molecular complexity index is 1690. The molecule has 264 valence electrons. The summed E-state index contributed by atoms with van der Waals surface area (Å²) in [4.78, 5) is 68.4. The van der Waals surface area contributed by atoms with Crippen molar-refractivity contribution in [2.45, 2.75) is 59.3 Å². The minimum Gasteiger partial charge on any atom is -0.504 e. The average molecular weight is 679 g/mol. The lowest BCUT2D eigenvalue weighted by Crippen LogP contribution is -2.36. The van der Waals surface area contributed by atoms with Gasteiger partial charge in [0.25, 0.3) is 11.8 Å². The van der Waals surface area contributed by atoms with Crippen LogP contribution >= 0.6 is 0 Å². The SMILES string of the molecule is CCN(CC)C(=O)c1cc2c([N+](=O)[O-])c(O)c(O)cc2cc1C(=O)N(CC)CCCCN(C)C(=O)CCCCC(=O)c1ccccc1OC. The molecule has 2 N–H and O–H groups in total. The maximum atomic E-state index is 13.9. The number of carbonyl (C=O) groups excluding carboxylic acids is 4. The van der Waals surface area contributed by atoms with E-state index < -0.39 is 33.9 Å². The van der Waals surface area contributed by atoms with Crippen LogP contribution in [-0.4, -0.2) is 100 Å². The molecule has 13 heteroatoms. The van der Waals surface area contributed by atoms with Gasteiger partial charge in [-0.1, -0.05) is 12.1 Å². The van der Waals surface area contributed by atoms with Crippen LogP contribution in [0, 0.1) is 10.1 Å². The number of Topliss-reactive ketones (excluding diaryl/α,β-unsaturated/α-hetero) is 1. The molecular formula is C36H46N4O9. The Hall–Kier alpha value is -5.20. The zero-order valence-electron chi connectivity index (χ0n) is 28.9. The molecule has 13 nitrogen and oxygen atoms in total. The molecule has 3 aromatic carbocycles. The molecule has 0 radical (unpaired) electrons. The maximum absolute atomic E-state index is 13.9. The van der Waals surface area contributed by atoms with E-state index in [2.05, 4.69) is 0 Å². The summed E-state index contributed by atoms with van der Waals surface area (Å²) in [6, 6.07) is 10.8. The van der Waals surface area contributed by atoms with Gasteiger partial charge in [-0.2, -0.15) is 0 Å². The van der Waals surface area contributed by atoms with Gasteiger partial charge in [0.2, 0.25) is 11.7 Å². The maximum Gasteiger partial charge on any atom is 0.322 e. The van der Waals surface area contributed by atoms with Gasteiger partial charge in [-0.3, -0.25) is 29.3 Å². The Morgan fingerprint density at radius 2 is 1.39 bits per heavy atom. The van der Waals surface area contributed by atoms with Crippen LogP contribution in [0.5, 0.6) is 17.2 Å². The van der Waals surface area contributed by atoms with Crippen molar-refractivity contribution in [3.8, 4) is 17.2 Å². The summed E-state index contributed by atoms with van der Waals surface area (Å²) in [5.41, 5.74) is -0.233. The number of phenols is 2. The van der Waals surface area contributed by atoms with Crippen LogP contribution in [0.25, 0.3) is 10.8 Å². The van der Waals surface area contributed by atoms with Crippen molar-refractivity contribution in [3.63, 3.8) is 0 Å². The number of hydrogen-bond donors (Lipinski definition) is 2. The number of nitro groups is 1. The highest BCUT2D eigenvalue weighted by molar-refractivity contribution is 6.12. The van der Waals surface area contributed by atoms with E-state index in [1.807, 2.05) is 0 Å². The predicted molar refractivity (Wildman–Crippen MR) is 185 cm³/mol. The van der Waals surface area contributed by atoms with Crippen molar-refractivity contribution in [2.75, 3.05) is 46.9 Å². The van der Waals surface area contributed by atoms with Crippen molar-refractivity contribution < 1.29 is 39.1 Å². The summed E-state index contributed by atoms with van der Waals surface area (Å²) in [5.74, 6) is -2.11. The number of rotatable bonds is 18. The van der Waals surface area contributed by atoms with Gasteiger partial charge in [0.05, 0.1) is 34.1 Å². The van der Waals surface area contributed by atoms with Gasteiger partial charge in [0, 0.05) is 52.6 Å². The lowest BCUT2D eigenvalue weighted by Gasteiger charge is -2.25. The first-order valence-electron chi connectivity index (χ1n) is 16.6. The number of methoxy groups -OCH3 is 1. The highest BCUT2D eigenvalue weighted by atomic mass is 16.6. The summed E-state index contributed by atoms with van der Waals surface area (Å²) < 4.78 is 5.26. The third-order valence-electron chi connectivity index (χ3n) is 8.62. The number of carbonyl (C=O) groups is 4. The van der Waals surface area contributed by atoms with Gasteiger partial charge in [-0.05, 0) is 82.2 Å². The number of ether oxygens (including phenoxy) is 1. The fraction of sp³-hybridized carbons (Fsp3) is 0.444. The molecule has 3 aromatic rings. The van der Waals surface area contributed by atoms with Crippen molar-refractivity contribution in [1.29, 1.82) is 0 Å². The van der Waals surface area contributed by atoms with E-state index in [-0.39, 0.29) is 33.6 Å². The van der Waals surface area contributed by atoms with Crippen molar-refractivity contribution in [2.24, 2.45) is 0 Å². The van der Waals surface area contributed by atoms with Crippen LogP contribution in [-0.2, 0) is 4.79 Å². The molecule has 0 heterocycles. The molecule has 0 bridgehead atoms. The number of para-hydroxylation sites is 1. The van der Waals surface area contributed by atoms with Crippen LogP contribution < -0.4 is 4.74 Å². The second-order valence-electron chi connectivity index (χ2n) is 11.7. The molecule has 49 heavy (non-hydrogen) atoms. The minimum absolute atomic E-state index is 0.0275. The third kappa shape index (κ3) is 9.24. The molecule has 0 saturated heterocycles. The number of nitro benzene ring substituents is 1. The molecule has 3 amide bonds. The smallest absolute Gasteiger partial charge is 0.322 e. The van der Waals surface area contributed by atoms with Gasteiger partial charge in [-0.25, -0.2) is 0 Å². The fourth-order valence-corrected chi connectivity index (χ4v) is 5.74. The van der Waals surface area contributed by atoms with Gasteiger partial charge in [-0.15, -0.1) is 0 Å². The Morgan fingerprint density at radius 1 is 0.796 bits per heavy atom. The molecule has 3 rings (SSSR count).